The van der Waals surface area contributed by atoms with Crippen molar-refractivity contribution in [2.75, 3.05) is 13.7 Å². The van der Waals surface area contributed by atoms with Crippen molar-refractivity contribution < 1.29 is 13.9 Å². The summed E-state index contributed by atoms with van der Waals surface area (Å²) < 4.78 is 10.2. The first-order valence-corrected chi connectivity index (χ1v) is 6.54. The van der Waals surface area contributed by atoms with E-state index in [2.05, 4.69) is 0 Å². The second kappa shape index (κ2) is 6.37. The van der Waals surface area contributed by atoms with Crippen LogP contribution in [0, 0.1) is 0 Å². The van der Waals surface area contributed by atoms with Gasteiger partial charge in [0.1, 0.15) is 12.4 Å². The standard InChI is InChI=1S/C13H15NO3S/c1-16-9-13(15)14(7-11-4-6-18-10-11)8-12-3-2-5-17-12/h2-6,10H,7-9H2,1H3. The molecule has 0 unspecified atom stereocenters. The van der Waals surface area contributed by atoms with Crippen molar-refractivity contribution in [3.63, 3.8) is 0 Å². The smallest absolute Gasteiger partial charge is 0.249 e. The average Bonchev–Trinajstić information content (AvgIpc) is 3.01. The lowest BCUT2D eigenvalue weighted by Gasteiger charge is -2.20. The Bertz CT molecular complexity index is 428. The number of methoxy groups -OCH3 is 1. The van der Waals surface area contributed by atoms with Crippen LogP contribution in [0.4, 0.5) is 0 Å². The molecule has 0 spiro atoms. The molecule has 0 N–H and O–H groups in total. The molecular weight excluding hydrogens is 250 g/mol. The molecule has 0 aromatic carbocycles. The predicted octanol–water partition coefficient (Wildman–Crippen LogP) is 2.52. The van der Waals surface area contributed by atoms with Gasteiger partial charge in [0.05, 0.1) is 12.8 Å². The second-order valence-electron chi connectivity index (χ2n) is 3.89. The van der Waals surface area contributed by atoms with Crippen molar-refractivity contribution in [2.45, 2.75) is 13.1 Å². The van der Waals surface area contributed by atoms with Gasteiger partial charge in [0, 0.05) is 13.7 Å². The number of nitrogens with zero attached hydrogens (tertiary/aromatic N) is 1. The van der Waals surface area contributed by atoms with E-state index in [4.69, 9.17) is 9.15 Å². The van der Waals surface area contributed by atoms with Crippen LogP contribution < -0.4 is 0 Å². The van der Waals surface area contributed by atoms with Gasteiger partial charge in [-0.25, -0.2) is 0 Å². The Balaban J connectivity index is 2.04. The first kappa shape index (κ1) is 12.9. The zero-order valence-corrected chi connectivity index (χ0v) is 11.0. The van der Waals surface area contributed by atoms with Crippen molar-refractivity contribution >= 4 is 17.2 Å². The van der Waals surface area contributed by atoms with Gasteiger partial charge in [-0.05, 0) is 34.5 Å². The average molecular weight is 265 g/mol. The molecule has 0 aliphatic heterocycles. The van der Waals surface area contributed by atoms with Crippen LogP contribution in [-0.4, -0.2) is 24.5 Å². The molecule has 2 heterocycles. The van der Waals surface area contributed by atoms with Crippen molar-refractivity contribution in [1.82, 2.24) is 4.90 Å². The minimum Gasteiger partial charge on any atom is -0.467 e. The molecule has 2 rings (SSSR count). The number of hydrogen-bond donors (Lipinski definition) is 0. The maximum absolute atomic E-state index is 12.0. The zero-order valence-electron chi connectivity index (χ0n) is 10.2. The zero-order chi connectivity index (χ0) is 12.8. The number of carbonyl (C=O) groups excluding carboxylic acids is 1. The highest BCUT2D eigenvalue weighted by Gasteiger charge is 2.15. The molecule has 2 aromatic heterocycles. The van der Waals surface area contributed by atoms with Gasteiger partial charge in [-0.15, -0.1) is 0 Å². The Morgan fingerprint density at radius 1 is 1.44 bits per heavy atom. The van der Waals surface area contributed by atoms with E-state index in [9.17, 15) is 4.79 Å². The molecule has 0 atom stereocenters. The number of carbonyl (C=O) groups is 1. The summed E-state index contributed by atoms with van der Waals surface area (Å²) in [7, 11) is 1.52. The minimum absolute atomic E-state index is 0.0416. The summed E-state index contributed by atoms with van der Waals surface area (Å²) >= 11 is 1.62. The summed E-state index contributed by atoms with van der Waals surface area (Å²) in [6.45, 7) is 1.13. The van der Waals surface area contributed by atoms with Crippen molar-refractivity contribution in [3.05, 3.63) is 46.5 Å². The lowest BCUT2D eigenvalue weighted by molar-refractivity contribution is -0.136. The van der Waals surface area contributed by atoms with E-state index in [0.717, 1.165) is 11.3 Å². The Morgan fingerprint density at radius 3 is 2.94 bits per heavy atom. The topological polar surface area (TPSA) is 42.7 Å². The number of furan rings is 1. The van der Waals surface area contributed by atoms with Crippen LogP contribution in [0.3, 0.4) is 0 Å². The third-order valence-corrected chi connectivity index (χ3v) is 3.23. The monoisotopic (exact) mass is 265 g/mol. The highest BCUT2D eigenvalue weighted by Crippen LogP contribution is 2.13. The van der Waals surface area contributed by atoms with Crippen LogP contribution >= 0.6 is 11.3 Å². The van der Waals surface area contributed by atoms with Crippen LogP contribution in [0.5, 0.6) is 0 Å². The van der Waals surface area contributed by atoms with E-state index in [1.165, 1.54) is 7.11 Å². The Morgan fingerprint density at radius 2 is 2.33 bits per heavy atom. The van der Waals surface area contributed by atoms with E-state index in [0.29, 0.717) is 13.1 Å². The van der Waals surface area contributed by atoms with Crippen LogP contribution in [0.15, 0.2) is 39.6 Å². The molecule has 0 radical (unpaired) electrons. The summed E-state index contributed by atoms with van der Waals surface area (Å²) in [5.74, 6) is 0.731. The highest BCUT2D eigenvalue weighted by molar-refractivity contribution is 7.07. The first-order valence-electron chi connectivity index (χ1n) is 5.60. The van der Waals surface area contributed by atoms with Gasteiger partial charge in [-0.1, -0.05) is 0 Å². The number of amides is 1. The molecule has 0 aliphatic rings. The Kier molecular flexibility index (Phi) is 4.55. The van der Waals surface area contributed by atoms with E-state index in [1.807, 2.05) is 29.0 Å². The Hall–Kier alpha value is -1.59. The summed E-state index contributed by atoms with van der Waals surface area (Å²) in [4.78, 5) is 13.7. The molecule has 0 saturated carbocycles. The molecule has 5 heteroatoms. The van der Waals surface area contributed by atoms with Gasteiger partial charge < -0.3 is 14.1 Å². The normalized spacial score (nSPS) is 10.5. The van der Waals surface area contributed by atoms with E-state index in [1.54, 1.807) is 22.5 Å². The summed E-state index contributed by atoms with van der Waals surface area (Å²) in [5, 5.41) is 4.04. The second-order valence-corrected chi connectivity index (χ2v) is 4.67. The Labute approximate surface area is 110 Å². The van der Waals surface area contributed by atoms with Crippen LogP contribution in [0.1, 0.15) is 11.3 Å². The van der Waals surface area contributed by atoms with Gasteiger partial charge >= 0.3 is 0 Å². The van der Waals surface area contributed by atoms with Gasteiger partial charge in [-0.2, -0.15) is 11.3 Å². The minimum atomic E-state index is -0.0416. The van der Waals surface area contributed by atoms with E-state index >= 15 is 0 Å². The lowest BCUT2D eigenvalue weighted by Crippen LogP contribution is -2.32. The molecule has 96 valence electrons. The van der Waals surface area contributed by atoms with Gasteiger partial charge in [0.25, 0.3) is 0 Å². The highest BCUT2D eigenvalue weighted by atomic mass is 32.1. The maximum Gasteiger partial charge on any atom is 0.249 e. The maximum atomic E-state index is 12.0. The predicted molar refractivity (Wildman–Crippen MR) is 69.2 cm³/mol. The fourth-order valence-corrected chi connectivity index (χ4v) is 2.30. The van der Waals surface area contributed by atoms with Crippen molar-refractivity contribution in [2.24, 2.45) is 0 Å². The number of rotatable bonds is 6. The van der Waals surface area contributed by atoms with Gasteiger partial charge in [0.2, 0.25) is 5.91 Å². The fourth-order valence-electron chi connectivity index (χ4n) is 1.64. The van der Waals surface area contributed by atoms with E-state index < -0.39 is 0 Å². The molecule has 0 fully saturated rings. The van der Waals surface area contributed by atoms with E-state index in [-0.39, 0.29) is 12.5 Å². The lowest BCUT2D eigenvalue weighted by atomic mass is 10.3. The number of hydrogen-bond acceptors (Lipinski definition) is 4. The molecule has 0 saturated heterocycles. The third kappa shape index (κ3) is 3.45. The quantitative estimate of drug-likeness (QED) is 0.806. The van der Waals surface area contributed by atoms with Crippen LogP contribution in [-0.2, 0) is 22.6 Å². The number of ether oxygens (including phenoxy) is 1. The SMILES string of the molecule is COCC(=O)N(Cc1ccsc1)Cc1ccco1. The molecule has 1 amide bonds. The van der Waals surface area contributed by atoms with Gasteiger partial charge in [-0.3, -0.25) is 4.79 Å². The van der Waals surface area contributed by atoms with Crippen LogP contribution in [0.25, 0.3) is 0 Å². The number of thiophene rings is 1. The molecule has 0 bridgehead atoms. The largest absolute Gasteiger partial charge is 0.467 e. The van der Waals surface area contributed by atoms with Crippen molar-refractivity contribution in [1.29, 1.82) is 0 Å². The van der Waals surface area contributed by atoms with Gasteiger partial charge in [0.15, 0.2) is 0 Å². The summed E-state index contributed by atoms with van der Waals surface area (Å²) in [6, 6.07) is 5.69. The molecule has 0 aliphatic carbocycles. The molecule has 4 nitrogen and oxygen atoms in total. The first-order chi connectivity index (χ1) is 8.79. The molecular formula is C13H15NO3S. The molecule has 2 aromatic rings. The summed E-state index contributed by atoms with van der Waals surface area (Å²) in [6.07, 6.45) is 1.61. The van der Waals surface area contributed by atoms with Crippen LogP contribution in [0.2, 0.25) is 0 Å². The third-order valence-electron chi connectivity index (χ3n) is 2.50. The fraction of sp³-hybridized carbons (Fsp3) is 0.308. The van der Waals surface area contributed by atoms with Crippen molar-refractivity contribution in [3.8, 4) is 0 Å². The molecule has 18 heavy (non-hydrogen) atoms. The summed E-state index contributed by atoms with van der Waals surface area (Å²) in [5.41, 5.74) is 1.12.